The van der Waals surface area contributed by atoms with E-state index in [4.69, 9.17) is 11.5 Å². The molecule has 10 heavy (non-hydrogen) atoms. The van der Waals surface area contributed by atoms with E-state index < -0.39 is 10.5 Å². The van der Waals surface area contributed by atoms with Crippen LogP contribution in [0.2, 0.25) is 0 Å². The molecule has 4 N–H and O–H groups in total. The molecular weight excluding hydrogens is 212 g/mol. The van der Waals surface area contributed by atoms with E-state index in [1.807, 2.05) is 0 Å². The molecule has 0 unspecified atom stereocenters. The van der Waals surface area contributed by atoms with Crippen molar-refractivity contribution in [2.75, 3.05) is 0 Å². The van der Waals surface area contributed by atoms with Crippen LogP contribution >= 0.6 is 41.2 Å². The van der Waals surface area contributed by atoms with Crippen molar-refractivity contribution < 1.29 is 9.59 Å². The average molecular weight is 216 g/mol. The number of hydrogen-bond donors (Lipinski definition) is 2. The van der Waals surface area contributed by atoms with Gasteiger partial charge in [-0.2, -0.15) is 0 Å². The molecule has 0 bridgehead atoms. The van der Waals surface area contributed by atoms with Crippen LogP contribution in [0.5, 0.6) is 0 Å². The molecule has 0 aromatic rings. The van der Waals surface area contributed by atoms with Gasteiger partial charge in [0.1, 0.15) is 0 Å². The number of hydrogen-bond acceptors (Lipinski definition) is 6. The Labute approximate surface area is 72.8 Å². The van der Waals surface area contributed by atoms with E-state index in [0.717, 1.165) is 41.2 Å². The third-order valence-corrected chi connectivity index (χ3v) is 5.57. The van der Waals surface area contributed by atoms with Gasteiger partial charge >= 0.3 is 0 Å². The Morgan fingerprint density at radius 1 is 0.900 bits per heavy atom. The number of nitrogens with two attached hydrogens (primary N) is 2. The maximum absolute atomic E-state index is 10.1. The second-order valence-corrected chi connectivity index (χ2v) is 6.62. The molecule has 58 valence electrons. The van der Waals surface area contributed by atoms with Crippen LogP contribution in [0.25, 0.3) is 0 Å². The molecule has 4 nitrogen and oxygen atoms in total. The van der Waals surface area contributed by atoms with Crippen LogP contribution in [0.15, 0.2) is 0 Å². The summed E-state index contributed by atoms with van der Waals surface area (Å²) in [5, 5.41) is -0.967. The van der Waals surface area contributed by atoms with E-state index in [1.165, 1.54) is 0 Å². The van der Waals surface area contributed by atoms with Gasteiger partial charge in [-0.15, -0.1) is 0 Å². The fourth-order valence-corrected chi connectivity index (χ4v) is 4.06. The third kappa shape index (κ3) is 8.34. The Bertz CT molecular complexity index is 123. The standard InChI is InChI=1S/C2H4N2O2S4/c3-1(5)7-9-10-8-2(4)6/h(H2,3,5)(H2,4,6). The highest BCUT2D eigenvalue weighted by Gasteiger charge is 1.99. The van der Waals surface area contributed by atoms with Crippen molar-refractivity contribution in [3.63, 3.8) is 0 Å². The molecule has 0 atom stereocenters. The summed E-state index contributed by atoms with van der Waals surface area (Å²) in [6, 6.07) is 0. The molecule has 0 aliphatic heterocycles. The molecule has 0 aromatic heterocycles. The lowest BCUT2D eigenvalue weighted by molar-refractivity contribution is 0.266. The van der Waals surface area contributed by atoms with E-state index >= 15 is 0 Å². The van der Waals surface area contributed by atoms with Gasteiger partial charge in [0, 0.05) is 21.6 Å². The fourth-order valence-electron chi connectivity index (χ4n) is 0.0948. The minimum Gasteiger partial charge on any atom is -0.360 e. The smallest absolute Gasteiger partial charge is 0.287 e. The zero-order chi connectivity index (χ0) is 7.98. The van der Waals surface area contributed by atoms with Gasteiger partial charge in [0.2, 0.25) is 0 Å². The Hall–Kier alpha value is 0.340. The molecule has 0 spiro atoms. The lowest BCUT2D eigenvalue weighted by atomic mass is 11.5. The molecule has 0 rings (SSSR count). The second-order valence-electron chi connectivity index (χ2n) is 0.941. The summed E-state index contributed by atoms with van der Waals surface area (Å²) in [5.74, 6) is 0. The lowest BCUT2D eigenvalue weighted by Gasteiger charge is -1.90. The number of amides is 2. The lowest BCUT2D eigenvalue weighted by Crippen LogP contribution is -1.99. The first-order chi connectivity index (χ1) is 4.63. The van der Waals surface area contributed by atoms with Crippen LogP contribution < -0.4 is 11.5 Å². The van der Waals surface area contributed by atoms with Crippen LogP contribution in [-0.4, -0.2) is 10.5 Å². The highest BCUT2D eigenvalue weighted by Crippen LogP contribution is 2.42. The summed E-state index contributed by atoms with van der Waals surface area (Å²) < 4.78 is 0. The molecule has 0 saturated heterocycles. The fraction of sp³-hybridized carbons (Fsp3) is 0. The van der Waals surface area contributed by atoms with Crippen LogP contribution in [0.1, 0.15) is 0 Å². The summed E-state index contributed by atoms with van der Waals surface area (Å²) in [6.07, 6.45) is 0. The second kappa shape index (κ2) is 6.08. The van der Waals surface area contributed by atoms with Crippen LogP contribution in [0.4, 0.5) is 9.59 Å². The van der Waals surface area contributed by atoms with Crippen molar-refractivity contribution in [2.45, 2.75) is 0 Å². The van der Waals surface area contributed by atoms with Crippen molar-refractivity contribution in [1.82, 2.24) is 0 Å². The molecule has 8 heteroatoms. The van der Waals surface area contributed by atoms with Crippen molar-refractivity contribution in [1.29, 1.82) is 0 Å². The van der Waals surface area contributed by atoms with Crippen LogP contribution in [-0.2, 0) is 0 Å². The molecule has 2 amide bonds. The molecule has 0 aliphatic carbocycles. The van der Waals surface area contributed by atoms with Crippen molar-refractivity contribution in [3.8, 4) is 0 Å². The first-order valence-corrected chi connectivity index (χ1v) is 6.71. The summed E-state index contributed by atoms with van der Waals surface area (Å²) in [5.41, 5.74) is 9.55. The van der Waals surface area contributed by atoms with Gasteiger partial charge in [-0.25, -0.2) is 0 Å². The SMILES string of the molecule is NC(=O)SSSSC(N)=O. The normalized spacial score (nSPS) is 9.20. The Kier molecular flexibility index (Phi) is 6.28. The summed E-state index contributed by atoms with van der Waals surface area (Å²) in [7, 11) is 3.95. The molecule has 0 aliphatic rings. The molecule has 0 heterocycles. The monoisotopic (exact) mass is 216 g/mol. The predicted octanol–water partition coefficient (Wildman–Crippen LogP) is 1.82. The first-order valence-electron chi connectivity index (χ1n) is 1.89. The van der Waals surface area contributed by atoms with Gasteiger partial charge in [-0.1, -0.05) is 0 Å². The van der Waals surface area contributed by atoms with E-state index in [9.17, 15) is 9.59 Å². The van der Waals surface area contributed by atoms with E-state index in [1.54, 1.807) is 0 Å². The molecular formula is C2H4N2O2S4. The summed E-state index contributed by atoms with van der Waals surface area (Å²) in [4.78, 5) is 20.1. The number of carbonyl (C=O) groups excluding carboxylic acids is 2. The highest BCUT2D eigenvalue weighted by molar-refractivity contribution is 9.28. The molecule has 0 aromatic carbocycles. The van der Waals surface area contributed by atoms with Crippen LogP contribution in [0.3, 0.4) is 0 Å². The average Bonchev–Trinajstić information content (AvgIpc) is 1.79. The maximum atomic E-state index is 10.1. The minimum absolute atomic E-state index is 0.484. The topological polar surface area (TPSA) is 86.2 Å². The van der Waals surface area contributed by atoms with Crippen molar-refractivity contribution in [3.05, 3.63) is 0 Å². The molecule has 0 radical (unpaired) electrons. The maximum Gasteiger partial charge on any atom is 0.287 e. The van der Waals surface area contributed by atoms with Crippen LogP contribution in [0, 0.1) is 0 Å². The number of primary amides is 2. The zero-order valence-electron chi connectivity index (χ0n) is 4.60. The van der Waals surface area contributed by atoms with Gasteiger partial charge < -0.3 is 11.5 Å². The predicted molar refractivity (Wildman–Crippen MR) is 49.5 cm³/mol. The van der Waals surface area contributed by atoms with Gasteiger partial charge in [0.25, 0.3) is 10.5 Å². The minimum atomic E-state index is -0.484. The van der Waals surface area contributed by atoms with Crippen molar-refractivity contribution in [2.24, 2.45) is 11.5 Å². The zero-order valence-corrected chi connectivity index (χ0v) is 7.87. The largest absolute Gasteiger partial charge is 0.360 e. The van der Waals surface area contributed by atoms with Crippen molar-refractivity contribution >= 4 is 51.7 Å². The number of rotatable bonds is 3. The molecule has 0 fully saturated rings. The first kappa shape index (κ1) is 10.3. The van der Waals surface area contributed by atoms with Gasteiger partial charge in [0.15, 0.2) is 0 Å². The molecule has 0 saturated carbocycles. The summed E-state index contributed by atoms with van der Waals surface area (Å²) >= 11 is 0. The highest BCUT2D eigenvalue weighted by atomic mass is 33.7. The van der Waals surface area contributed by atoms with Gasteiger partial charge in [-0.05, 0) is 19.7 Å². The quantitative estimate of drug-likeness (QED) is 0.553. The Balaban J connectivity index is 3.06. The number of carbonyl (C=O) groups is 2. The van der Waals surface area contributed by atoms with E-state index in [0.29, 0.717) is 0 Å². The summed E-state index contributed by atoms with van der Waals surface area (Å²) in [6.45, 7) is 0. The Morgan fingerprint density at radius 3 is 1.40 bits per heavy atom. The van der Waals surface area contributed by atoms with E-state index in [-0.39, 0.29) is 0 Å². The third-order valence-electron chi connectivity index (χ3n) is 0.260. The van der Waals surface area contributed by atoms with Gasteiger partial charge in [0.05, 0.1) is 0 Å². The Morgan fingerprint density at radius 2 is 1.20 bits per heavy atom. The van der Waals surface area contributed by atoms with E-state index in [2.05, 4.69) is 0 Å². The van der Waals surface area contributed by atoms with Gasteiger partial charge in [-0.3, -0.25) is 9.59 Å².